The van der Waals surface area contributed by atoms with Crippen molar-refractivity contribution >= 4 is 57.7 Å². The van der Waals surface area contributed by atoms with Crippen LogP contribution in [0.25, 0.3) is 11.7 Å². The number of anilines is 1. The van der Waals surface area contributed by atoms with Gasteiger partial charge in [-0.2, -0.15) is 0 Å². The van der Waals surface area contributed by atoms with Crippen LogP contribution >= 0.6 is 24.0 Å². The van der Waals surface area contributed by atoms with Crippen LogP contribution < -0.4 is 10.5 Å². The molecule has 0 N–H and O–H groups in total. The number of fused-ring (bicyclic) bond motifs is 1. The Bertz CT molecular complexity index is 1230. The van der Waals surface area contributed by atoms with Crippen molar-refractivity contribution in [1.82, 2.24) is 14.3 Å². The van der Waals surface area contributed by atoms with Crippen LogP contribution in [0.3, 0.4) is 0 Å². The molecule has 0 aliphatic carbocycles. The summed E-state index contributed by atoms with van der Waals surface area (Å²) in [6.07, 6.45) is 5.34. The van der Waals surface area contributed by atoms with E-state index in [1.807, 2.05) is 24.8 Å². The summed E-state index contributed by atoms with van der Waals surface area (Å²) in [6, 6.07) is 3.72. The summed E-state index contributed by atoms with van der Waals surface area (Å²) in [6.45, 7) is 7.74. The number of amides is 1. The maximum absolute atomic E-state index is 13.6. The summed E-state index contributed by atoms with van der Waals surface area (Å²) in [4.78, 5) is 47.6. The average molecular weight is 501 g/mol. The fourth-order valence-corrected chi connectivity index (χ4v) is 5.59. The molecule has 0 spiro atoms. The minimum atomic E-state index is -0.239. The van der Waals surface area contributed by atoms with Gasteiger partial charge in [-0.1, -0.05) is 37.0 Å². The molecule has 34 heavy (non-hydrogen) atoms. The maximum atomic E-state index is 13.6. The molecule has 2 saturated heterocycles. The highest BCUT2D eigenvalue weighted by Crippen LogP contribution is 2.34. The van der Waals surface area contributed by atoms with Gasteiger partial charge in [0.25, 0.3) is 11.5 Å². The van der Waals surface area contributed by atoms with Gasteiger partial charge in [0, 0.05) is 25.8 Å². The largest absolute Gasteiger partial charge is 0.466 e. The first-order chi connectivity index (χ1) is 16.3. The van der Waals surface area contributed by atoms with E-state index in [0.717, 1.165) is 12.0 Å². The van der Waals surface area contributed by atoms with E-state index in [-0.39, 0.29) is 23.4 Å². The Morgan fingerprint density at radius 1 is 1.29 bits per heavy atom. The van der Waals surface area contributed by atoms with Crippen LogP contribution in [0.1, 0.15) is 44.2 Å². The van der Waals surface area contributed by atoms with E-state index in [1.165, 1.54) is 16.2 Å². The number of rotatable bonds is 6. The number of ether oxygens (including phenoxy) is 1. The number of aromatic nitrogens is 2. The van der Waals surface area contributed by atoms with Gasteiger partial charge < -0.3 is 9.64 Å². The fourth-order valence-electron chi connectivity index (χ4n) is 4.30. The highest BCUT2D eigenvalue weighted by molar-refractivity contribution is 8.26. The van der Waals surface area contributed by atoms with E-state index in [0.29, 0.717) is 65.3 Å². The molecular formula is C24H28N4O4S2. The van der Waals surface area contributed by atoms with Crippen molar-refractivity contribution < 1.29 is 14.3 Å². The molecular weight excluding hydrogens is 472 g/mol. The molecule has 4 rings (SSSR count). The normalized spacial score (nSPS) is 18.4. The summed E-state index contributed by atoms with van der Waals surface area (Å²) >= 11 is 6.61. The van der Waals surface area contributed by atoms with Crippen LogP contribution in [0.5, 0.6) is 0 Å². The number of aryl methyl sites for hydroxylation is 1. The molecule has 2 fully saturated rings. The Labute approximate surface area is 208 Å². The highest BCUT2D eigenvalue weighted by Gasteiger charge is 2.33. The number of pyridine rings is 1. The smallest absolute Gasteiger partial charge is 0.309 e. The zero-order chi connectivity index (χ0) is 24.4. The number of hydrogen-bond donors (Lipinski definition) is 0. The van der Waals surface area contributed by atoms with Gasteiger partial charge in [-0.3, -0.25) is 23.7 Å². The summed E-state index contributed by atoms with van der Waals surface area (Å²) in [7, 11) is 0. The first-order valence-electron chi connectivity index (χ1n) is 11.5. The number of carbonyl (C=O) groups is 2. The fraction of sp³-hybridized carbons (Fsp3) is 0.458. The summed E-state index contributed by atoms with van der Waals surface area (Å²) < 4.78 is 7.20. The predicted molar refractivity (Wildman–Crippen MR) is 138 cm³/mol. The number of thioether (sulfide) groups is 1. The zero-order valence-electron chi connectivity index (χ0n) is 19.6. The van der Waals surface area contributed by atoms with Crippen molar-refractivity contribution in [3.63, 3.8) is 0 Å². The lowest BCUT2D eigenvalue weighted by Gasteiger charge is -2.32. The Balaban J connectivity index is 1.76. The van der Waals surface area contributed by atoms with Gasteiger partial charge in [0.15, 0.2) is 0 Å². The molecule has 2 aromatic heterocycles. The third-order valence-electron chi connectivity index (χ3n) is 6.07. The molecule has 8 nitrogen and oxygen atoms in total. The second-order valence-corrected chi connectivity index (χ2v) is 10.1. The molecule has 10 heteroatoms. The molecule has 0 saturated carbocycles. The number of esters is 1. The Morgan fingerprint density at radius 2 is 2.03 bits per heavy atom. The van der Waals surface area contributed by atoms with E-state index >= 15 is 0 Å². The maximum Gasteiger partial charge on any atom is 0.309 e. The lowest BCUT2D eigenvalue weighted by atomic mass is 9.96. The minimum absolute atomic E-state index is 0.159. The third-order valence-corrected chi connectivity index (χ3v) is 7.45. The van der Waals surface area contributed by atoms with E-state index in [2.05, 4.69) is 0 Å². The van der Waals surface area contributed by atoms with Crippen molar-refractivity contribution in [1.29, 1.82) is 0 Å². The number of carbonyl (C=O) groups excluding carboxylic acids is 2. The topological polar surface area (TPSA) is 84.2 Å². The van der Waals surface area contributed by atoms with Crippen LogP contribution in [0.15, 0.2) is 28.0 Å². The number of thiocarbonyl (C=S) groups is 1. The van der Waals surface area contributed by atoms with Crippen molar-refractivity contribution in [3.05, 3.63) is 44.7 Å². The second kappa shape index (κ2) is 10.3. The van der Waals surface area contributed by atoms with E-state index in [9.17, 15) is 14.4 Å². The number of nitrogens with zero attached hydrogens (tertiary/aromatic N) is 4. The highest BCUT2D eigenvalue weighted by atomic mass is 32.2. The van der Waals surface area contributed by atoms with Crippen molar-refractivity contribution in [2.24, 2.45) is 5.92 Å². The van der Waals surface area contributed by atoms with Crippen LogP contribution in [-0.2, 0) is 14.3 Å². The van der Waals surface area contributed by atoms with Crippen LogP contribution in [0.2, 0.25) is 0 Å². The van der Waals surface area contributed by atoms with Gasteiger partial charge in [-0.05, 0) is 50.8 Å². The van der Waals surface area contributed by atoms with Crippen molar-refractivity contribution in [2.75, 3.05) is 31.1 Å². The summed E-state index contributed by atoms with van der Waals surface area (Å²) in [5.74, 6) is 0.0116. The Hall–Kier alpha value is -2.72. The molecule has 0 bridgehead atoms. The van der Waals surface area contributed by atoms with Crippen LogP contribution in [0, 0.1) is 12.8 Å². The lowest BCUT2D eigenvalue weighted by Crippen LogP contribution is -2.39. The predicted octanol–water partition coefficient (Wildman–Crippen LogP) is 3.39. The van der Waals surface area contributed by atoms with Gasteiger partial charge in [0.1, 0.15) is 15.8 Å². The SMILES string of the molecule is CCCN1C(=O)C(=Cc2c(N3CCC(C(=O)OCC)CC3)nc3c(C)cccn3c2=O)SC1=S. The van der Waals surface area contributed by atoms with Gasteiger partial charge in [-0.25, -0.2) is 4.98 Å². The second-order valence-electron chi connectivity index (χ2n) is 8.39. The lowest BCUT2D eigenvalue weighted by molar-refractivity contribution is -0.148. The number of piperidine rings is 1. The molecule has 2 aromatic rings. The zero-order valence-corrected chi connectivity index (χ0v) is 21.2. The van der Waals surface area contributed by atoms with Crippen molar-refractivity contribution in [2.45, 2.75) is 40.0 Å². The first kappa shape index (κ1) is 24.4. The molecule has 4 heterocycles. The standard InChI is InChI=1S/C24H28N4O4S2/c1-4-10-28-22(30)18(34-24(28)33)14-17-20(25-19-15(3)7-6-11-27(19)21(17)29)26-12-8-16(9-13-26)23(31)32-5-2/h6-7,11,14,16H,4-5,8-10,12-13H2,1-3H3. The monoisotopic (exact) mass is 500 g/mol. The molecule has 2 aliphatic rings. The molecule has 0 unspecified atom stereocenters. The molecule has 180 valence electrons. The van der Waals surface area contributed by atoms with Crippen LogP contribution in [-0.4, -0.2) is 56.7 Å². The number of hydrogen-bond acceptors (Lipinski definition) is 8. The van der Waals surface area contributed by atoms with Gasteiger partial charge in [0.2, 0.25) is 0 Å². The Morgan fingerprint density at radius 3 is 2.71 bits per heavy atom. The molecule has 2 aliphatic heterocycles. The molecule has 0 atom stereocenters. The quantitative estimate of drug-likeness (QED) is 0.339. The van der Waals surface area contributed by atoms with Gasteiger partial charge in [-0.15, -0.1) is 0 Å². The van der Waals surface area contributed by atoms with Gasteiger partial charge in [0.05, 0.1) is 23.0 Å². The Kier molecular flexibility index (Phi) is 7.37. The van der Waals surface area contributed by atoms with Crippen LogP contribution in [0.4, 0.5) is 5.82 Å². The first-order valence-corrected chi connectivity index (χ1v) is 12.8. The molecule has 1 amide bonds. The summed E-state index contributed by atoms with van der Waals surface area (Å²) in [5, 5.41) is 0. The van der Waals surface area contributed by atoms with E-state index in [1.54, 1.807) is 30.2 Å². The molecule has 0 radical (unpaired) electrons. The van der Waals surface area contributed by atoms with Crippen molar-refractivity contribution in [3.8, 4) is 0 Å². The van der Waals surface area contributed by atoms with E-state index < -0.39 is 0 Å². The van der Waals surface area contributed by atoms with E-state index in [4.69, 9.17) is 21.9 Å². The summed E-state index contributed by atoms with van der Waals surface area (Å²) in [5.41, 5.74) is 1.57. The third kappa shape index (κ3) is 4.61. The minimum Gasteiger partial charge on any atom is -0.466 e. The molecule has 0 aromatic carbocycles. The van der Waals surface area contributed by atoms with Gasteiger partial charge >= 0.3 is 5.97 Å². The average Bonchev–Trinajstić information content (AvgIpc) is 3.09.